The van der Waals surface area contributed by atoms with Gasteiger partial charge in [0.2, 0.25) is 5.91 Å². The van der Waals surface area contributed by atoms with Crippen LogP contribution in [-0.4, -0.2) is 80.4 Å². The lowest BCUT2D eigenvalue weighted by molar-refractivity contribution is -0.117. The van der Waals surface area contributed by atoms with Gasteiger partial charge in [-0.25, -0.2) is 0 Å². The molecule has 0 bridgehead atoms. The Balaban J connectivity index is 1.45. The number of rotatable bonds is 4. The molecule has 3 atom stereocenters. The van der Waals surface area contributed by atoms with Crippen molar-refractivity contribution in [3.63, 3.8) is 0 Å². The first kappa shape index (κ1) is 20.6. The zero-order valence-corrected chi connectivity index (χ0v) is 18.2. The number of nitrogens with zero attached hydrogens (tertiary/aromatic N) is 4. The van der Waals surface area contributed by atoms with E-state index in [0.717, 1.165) is 58.2 Å². The van der Waals surface area contributed by atoms with Crippen LogP contribution in [0.15, 0.2) is 24.3 Å². The fraction of sp³-hybridized carbons (Fsp3) is 0.696. The molecule has 1 aromatic carbocycles. The van der Waals surface area contributed by atoms with Crippen molar-refractivity contribution in [2.45, 2.75) is 45.8 Å². The van der Waals surface area contributed by atoms with Gasteiger partial charge in [0.15, 0.2) is 0 Å². The summed E-state index contributed by atoms with van der Waals surface area (Å²) in [6.07, 6.45) is 3.08. The number of anilines is 2. The van der Waals surface area contributed by atoms with E-state index in [1.165, 1.54) is 18.5 Å². The number of carbonyl (C=O) groups is 1. The number of fused-ring (bicyclic) bond motifs is 1. The van der Waals surface area contributed by atoms with Crippen molar-refractivity contribution in [3.05, 3.63) is 24.3 Å². The predicted molar refractivity (Wildman–Crippen MR) is 117 cm³/mol. The van der Waals surface area contributed by atoms with Crippen molar-refractivity contribution < 1.29 is 9.53 Å². The highest BCUT2D eigenvalue weighted by Crippen LogP contribution is 2.37. The second kappa shape index (κ2) is 9.02. The molecule has 160 valence electrons. The summed E-state index contributed by atoms with van der Waals surface area (Å²) in [5.41, 5.74) is 2.27. The average molecular weight is 401 g/mol. The molecule has 4 rings (SSSR count). The highest BCUT2D eigenvalue weighted by Gasteiger charge is 2.35. The Hall–Kier alpha value is -1.63. The van der Waals surface area contributed by atoms with Gasteiger partial charge in [-0.1, -0.05) is 19.1 Å². The van der Waals surface area contributed by atoms with Crippen LogP contribution in [0.1, 0.15) is 33.6 Å². The minimum atomic E-state index is 0.132. The van der Waals surface area contributed by atoms with Gasteiger partial charge in [0.1, 0.15) is 0 Å². The molecule has 1 aromatic rings. The van der Waals surface area contributed by atoms with Crippen molar-refractivity contribution in [1.82, 2.24) is 9.80 Å². The Labute approximate surface area is 175 Å². The second-order valence-electron chi connectivity index (χ2n) is 8.79. The van der Waals surface area contributed by atoms with E-state index in [1.807, 2.05) is 11.0 Å². The summed E-state index contributed by atoms with van der Waals surface area (Å²) in [5, 5.41) is 0. The van der Waals surface area contributed by atoms with E-state index >= 15 is 0 Å². The van der Waals surface area contributed by atoms with Crippen molar-refractivity contribution in [2.75, 3.05) is 62.3 Å². The Bertz CT molecular complexity index is 706. The molecule has 0 spiro atoms. The first-order valence-corrected chi connectivity index (χ1v) is 11.3. The number of hydrogen-bond acceptors (Lipinski definition) is 5. The summed E-state index contributed by atoms with van der Waals surface area (Å²) in [6, 6.07) is 8.60. The van der Waals surface area contributed by atoms with Crippen LogP contribution >= 0.6 is 0 Å². The molecule has 0 saturated carbocycles. The molecule has 0 radical (unpaired) electrons. The normalized spacial score (nSPS) is 29.0. The van der Waals surface area contributed by atoms with E-state index in [1.54, 1.807) is 6.92 Å². The predicted octanol–water partition coefficient (Wildman–Crippen LogP) is 2.64. The van der Waals surface area contributed by atoms with Crippen molar-refractivity contribution >= 4 is 17.3 Å². The first-order chi connectivity index (χ1) is 14.1. The molecule has 29 heavy (non-hydrogen) atoms. The first-order valence-electron chi connectivity index (χ1n) is 11.3. The van der Waals surface area contributed by atoms with E-state index in [2.05, 4.69) is 46.7 Å². The molecule has 6 heteroatoms. The SMILES string of the molecule is CCN1CC(CN2CC(C)N(C(C)=O)c3ccccc32)CCC1N1CCOCC1. The number of para-hydroxylation sites is 2. The van der Waals surface area contributed by atoms with Gasteiger partial charge in [0, 0.05) is 39.6 Å². The van der Waals surface area contributed by atoms with Crippen molar-refractivity contribution in [2.24, 2.45) is 5.92 Å². The topological polar surface area (TPSA) is 39.3 Å². The smallest absolute Gasteiger partial charge is 0.224 e. The van der Waals surface area contributed by atoms with Gasteiger partial charge in [-0.3, -0.25) is 14.6 Å². The van der Waals surface area contributed by atoms with Crippen LogP contribution in [0.25, 0.3) is 0 Å². The molecule has 2 saturated heterocycles. The van der Waals surface area contributed by atoms with Gasteiger partial charge in [-0.05, 0) is 44.4 Å². The van der Waals surface area contributed by atoms with Crippen LogP contribution < -0.4 is 9.80 Å². The summed E-state index contributed by atoms with van der Waals surface area (Å²) in [6.45, 7) is 14.2. The van der Waals surface area contributed by atoms with E-state index in [4.69, 9.17) is 4.74 Å². The zero-order valence-electron chi connectivity index (χ0n) is 18.2. The molecule has 3 aliphatic rings. The molecule has 1 amide bonds. The number of ether oxygens (including phenoxy) is 1. The summed E-state index contributed by atoms with van der Waals surface area (Å²) >= 11 is 0. The number of piperidine rings is 1. The van der Waals surface area contributed by atoms with Gasteiger partial charge < -0.3 is 14.5 Å². The molecule has 6 nitrogen and oxygen atoms in total. The maximum atomic E-state index is 12.2. The van der Waals surface area contributed by atoms with Crippen molar-refractivity contribution in [3.8, 4) is 0 Å². The van der Waals surface area contributed by atoms with Crippen LogP contribution in [0.2, 0.25) is 0 Å². The maximum Gasteiger partial charge on any atom is 0.224 e. The number of morpholine rings is 1. The third-order valence-electron chi connectivity index (χ3n) is 6.85. The van der Waals surface area contributed by atoms with Crippen LogP contribution in [-0.2, 0) is 9.53 Å². The zero-order chi connectivity index (χ0) is 20.4. The Morgan fingerprint density at radius 3 is 2.52 bits per heavy atom. The van der Waals surface area contributed by atoms with E-state index in [-0.39, 0.29) is 11.9 Å². The molecule has 2 fully saturated rings. The molecule has 0 aromatic heterocycles. The number of likely N-dealkylation sites (tertiary alicyclic amines) is 1. The molecule has 0 aliphatic carbocycles. The van der Waals surface area contributed by atoms with Crippen molar-refractivity contribution in [1.29, 1.82) is 0 Å². The molecule has 0 N–H and O–H groups in total. The molecule has 3 heterocycles. The fourth-order valence-corrected chi connectivity index (χ4v) is 5.53. The lowest BCUT2D eigenvalue weighted by Crippen LogP contribution is -2.57. The molecule has 3 unspecified atom stereocenters. The minimum absolute atomic E-state index is 0.132. The lowest BCUT2D eigenvalue weighted by atomic mass is 9.93. The second-order valence-corrected chi connectivity index (χ2v) is 8.79. The van der Waals surface area contributed by atoms with Crippen LogP contribution in [0.4, 0.5) is 11.4 Å². The quantitative estimate of drug-likeness (QED) is 0.777. The molecular weight excluding hydrogens is 364 g/mol. The fourth-order valence-electron chi connectivity index (χ4n) is 5.53. The van der Waals surface area contributed by atoms with E-state index in [9.17, 15) is 4.79 Å². The Morgan fingerprint density at radius 2 is 1.83 bits per heavy atom. The number of benzene rings is 1. The van der Waals surface area contributed by atoms with Gasteiger partial charge in [-0.15, -0.1) is 0 Å². The largest absolute Gasteiger partial charge is 0.379 e. The third kappa shape index (κ3) is 4.30. The van der Waals surface area contributed by atoms with Crippen LogP contribution in [0.5, 0.6) is 0 Å². The monoisotopic (exact) mass is 400 g/mol. The average Bonchev–Trinajstić information content (AvgIpc) is 2.74. The van der Waals surface area contributed by atoms with Crippen LogP contribution in [0, 0.1) is 5.92 Å². The summed E-state index contributed by atoms with van der Waals surface area (Å²) in [5.74, 6) is 0.796. The minimum Gasteiger partial charge on any atom is -0.379 e. The molecular formula is C23H36N4O2. The molecule has 3 aliphatic heterocycles. The number of carbonyl (C=O) groups excluding carboxylic acids is 1. The number of amides is 1. The summed E-state index contributed by atoms with van der Waals surface area (Å²) in [7, 11) is 0. The highest BCUT2D eigenvalue weighted by molar-refractivity contribution is 5.97. The summed E-state index contributed by atoms with van der Waals surface area (Å²) in [4.78, 5) is 22.0. The Morgan fingerprint density at radius 1 is 1.10 bits per heavy atom. The summed E-state index contributed by atoms with van der Waals surface area (Å²) < 4.78 is 5.56. The standard InChI is InChI=1S/C23H36N4O2/c1-4-24-16-20(9-10-23(24)25-11-13-29-14-12-25)17-26-15-18(2)27(19(3)28)22-8-6-5-7-21(22)26/h5-8,18,20,23H,4,9-17H2,1-3H3. The van der Waals surface area contributed by atoms with Gasteiger partial charge in [-0.2, -0.15) is 0 Å². The van der Waals surface area contributed by atoms with Gasteiger partial charge in [0.05, 0.1) is 36.8 Å². The lowest BCUT2D eigenvalue weighted by Gasteiger charge is -2.48. The van der Waals surface area contributed by atoms with Gasteiger partial charge in [0.25, 0.3) is 0 Å². The van der Waals surface area contributed by atoms with E-state index < -0.39 is 0 Å². The highest BCUT2D eigenvalue weighted by atomic mass is 16.5. The van der Waals surface area contributed by atoms with E-state index in [0.29, 0.717) is 12.1 Å². The third-order valence-corrected chi connectivity index (χ3v) is 6.85. The Kier molecular flexibility index (Phi) is 6.42. The maximum absolute atomic E-state index is 12.2. The van der Waals surface area contributed by atoms with Crippen LogP contribution in [0.3, 0.4) is 0 Å². The van der Waals surface area contributed by atoms with Gasteiger partial charge >= 0.3 is 0 Å². The number of hydrogen-bond donors (Lipinski definition) is 0.